The summed E-state index contributed by atoms with van der Waals surface area (Å²) in [5.74, 6) is 0.894. The van der Waals surface area contributed by atoms with Crippen molar-refractivity contribution in [3.05, 3.63) is 52.0 Å². The Kier molecular flexibility index (Phi) is 8.46. The van der Waals surface area contributed by atoms with Crippen molar-refractivity contribution >= 4 is 17.3 Å². The SMILES string of the molecule is CN=C(NCCCCc1nc(C)cs1)NC(C)CCc1ccccc1. The summed E-state index contributed by atoms with van der Waals surface area (Å²) in [7, 11) is 1.83. The number of benzene rings is 1. The van der Waals surface area contributed by atoms with Gasteiger partial charge in [0.25, 0.3) is 0 Å². The number of aryl methyl sites for hydroxylation is 3. The minimum absolute atomic E-state index is 0.393. The van der Waals surface area contributed by atoms with Crippen LogP contribution < -0.4 is 10.6 Å². The summed E-state index contributed by atoms with van der Waals surface area (Å²) < 4.78 is 0. The van der Waals surface area contributed by atoms with Crippen LogP contribution in [0.3, 0.4) is 0 Å². The molecule has 0 aliphatic carbocycles. The summed E-state index contributed by atoms with van der Waals surface area (Å²) in [4.78, 5) is 8.83. The zero-order valence-corrected chi connectivity index (χ0v) is 16.4. The molecular weight excluding hydrogens is 328 g/mol. The number of thiazole rings is 1. The molecule has 0 aliphatic heterocycles. The lowest BCUT2D eigenvalue weighted by molar-refractivity contribution is 0.589. The Morgan fingerprint density at radius 3 is 2.68 bits per heavy atom. The summed E-state index contributed by atoms with van der Waals surface area (Å²) in [6, 6.07) is 11.0. The van der Waals surface area contributed by atoms with Gasteiger partial charge in [0.05, 0.1) is 5.01 Å². The fourth-order valence-corrected chi connectivity index (χ4v) is 3.47. The number of unbranched alkanes of at least 4 members (excludes halogenated alkanes) is 1. The maximum atomic E-state index is 4.51. The van der Waals surface area contributed by atoms with Crippen molar-refractivity contribution in [2.75, 3.05) is 13.6 Å². The van der Waals surface area contributed by atoms with Gasteiger partial charge in [-0.3, -0.25) is 4.99 Å². The standard InChI is InChI=1S/C20H30N4S/c1-16(12-13-18-9-5-4-6-10-18)24-20(21-3)22-14-8-7-11-19-23-17(2)15-25-19/h4-6,9-10,15-16H,7-8,11-14H2,1-3H3,(H2,21,22,24). The van der Waals surface area contributed by atoms with Gasteiger partial charge in [-0.1, -0.05) is 30.3 Å². The van der Waals surface area contributed by atoms with Gasteiger partial charge < -0.3 is 10.6 Å². The molecule has 0 radical (unpaired) electrons. The molecule has 1 unspecified atom stereocenters. The summed E-state index contributed by atoms with van der Waals surface area (Å²) in [5.41, 5.74) is 2.52. The molecule has 1 atom stereocenters. The van der Waals surface area contributed by atoms with Crippen LogP contribution >= 0.6 is 11.3 Å². The molecule has 2 N–H and O–H groups in total. The van der Waals surface area contributed by atoms with Crippen molar-refractivity contribution in [1.82, 2.24) is 15.6 Å². The van der Waals surface area contributed by atoms with Crippen molar-refractivity contribution in [2.45, 2.75) is 52.0 Å². The fraction of sp³-hybridized carbons (Fsp3) is 0.500. The Bertz CT molecular complexity index is 636. The first-order valence-electron chi connectivity index (χ1n) is 9.09. The predicted molar refractivity (Wildman–Crippen MR) is 109 cm³/mol. The maximum absolute atomic E-state index is 4.51. The average molecular weight is 359 g/mol. The van der Waals surface area contributed by atoms with Gasteiger partial charge in [0, 0.05) is 30.7 Å². The van der Waals surface area contributed by atoms with Crippen LogP contribution in [0.5, 0.6) is 0 Å². The molecule has 136 valence electrons. The molecule has 0 saturated carbocycles. The first kappa shape index (κ1) is 19.4. The maximum Gasteiger partial charge on any atom is 0.191 e. The number of aromatic nitrogens is 1. The molecule has 0 fully saturated rings. The summed E-state index contributed by atoms with van der Waals surface area (Å²) in [5, 5.41) is 10.3. The van der Waals surface area contributed by atoms with Crippen molar-refractivity contribution in [2.24, 2.45) is 4.99 Å². The largest absolute Gasteiger partial charge is 0.356 e. The van der Waals surface area contributed by atoms with Crippen LogP contribution in [0.4, 0.5) is 0 Å². The Balaban J connectivity index is 1.59. The first-order chi connectivity index (χ1) is 12.2. The minimum Gasteiger partial charge on any atom is -0.356 e. The Morgan fingerprint density at radius 2 is 2.00 bits per heavy atom. The number of rotatable bonds is 9. The summed E-state index contributed by atoms with van der Waals surface area (Å²) >= 11 is 1.76. The summed E-state index contributed by atoms with van der Waals surface area (Å²) in [6.07, 6.45) is 5.52. The van der Waals surface area contributed by atoms with Gasteiger partial charge in [-0.2, -0.15) is 0 Å². The van der Waals surface area contributed by atoms with Crippen molar-refractivity contribution in [3.8, 4) is 0 Å². The van der Waals surface area contributed by atoms with Crippen LogP contribution in [-0.4, -0.2) is 30.6 Å². The van der Waals surface area contributed by atoms with Crippen LogP contribution in [-0.2, 0) is 12.8 Å². The molecule has 1 aromatic carbocycles. The van der Waals surface area contributed by atoms with Crippen LogP contribution in [0.25, 0.3) is 0 Å². The van der Waals surface area contributed by atoms with Crippen molar-refractivity contribution in [3.63, 3.8) is 0 Å². The van der Waals surface area contributed by atoms with E-state index in [2.05, 4.69) is 70.2 Å². The molecule has 2 rings (SSSR count). The average Bonchev–Trinajstić information content (AvgIpc) is 3.04. The topological polar surface area (TPSA) is 49.3 Å². The van der Waals surface area contributed by atoms with E-state index in [1.165, 1.54) is 10.6 Å². The molecular formula is C20H30N4S. The van der Waals surface area contributed by atoms with E-state index in [0.29, 0.717) is 6.04 Å². The fourth-order valence-electron chi connectivity index (χ4n) is 2.65. The Hall–Kier alpha value is -1.88. The normalized spacial score (nSPS) is 12.8. The molecule has 1 heterocycles. The van der Waals surface area contributed by atoms with E-state index >= 15 is 0 Å². The van der Waals surface area contributed by atoms with E-state index in [9.17, 15) is 0 Å². The quantitative estimate of drug-likeness (QED) is 0.405. The van der Waals surface area contributed by atoms with Gasteiger partial charge >= 0.3 is 0 Å². The van der Waals surface area contributed by atoms with Crippen molar-refractivity contribution < 1.29 is 0 Å². The summed E-state index contributed by atoms with van der Waals surface area (Å²) in [6.45, 7) is 5.20. The third-order valence-corrected chi connectivity index (χ3v) is 5.12. The molecule has 0 aliphatic rings. The van der Waals surface area contributed by atoms with Crippen molar-refractivity contribution in [1.29, 1.82) is 0 Å². The van der Waals surface area contributed by atoms with E-state index in [0.717, 1.165) is 50.3 Å². The highest BCUT2D eigenvalue weighted by Gasteiger charge is 2.05. The van der Waals surface area contributed by atoms with Gasteiger partial charge in [-0.25, -0.2) is 4.98 Å². The molecule has 5 heteroatoms. The number of nitrogens with one attached hydrogen (secondary N) is 2. The number of hydrogen-bond donors (Lipinski definition) is 2. The lowest BCUT2D eigenvalue weighted by atomic mass is 10.1. The smallest absolute Gasteiger partial charge is 0.191 e. The second-order valence-corrected chi connectivity index (χ2v) is 7.35. The van der Waals surface area contributed by atoms with E-state index in [1.54, 1.807) is 11.3 Å². The van der Waals surface area contributed by atoms with Gasteiger partial charge in [0.2, 0.25) is 0 Å². The van der Waals surface area contributed by atoms with Crippen LogP contribution in [0.15, 0.2) is 40.7 Å². The van der Waals surface area contributed by atoms with Gasteiger partial charge in [0.15, 0.2) is 5.96 Å². The molecule has 1 aromatic heterocycles. The first-order valence-corrected chi connectivity index (χ1v) is 9.97. The lowest BCUT2D eigenvalue weighted by Crippen LogP contribution is -2.42. The number of aliphatic imine (C=N–C) groups is 1. The molecule has 0 bridgehead atoms. The van der Waals surface area contributed by atoms with E-state index in [1.807, 2.05) is 7.05 Å². The molecule has 4 nitrogen and oxygen atoms in total. The number of guanidine groups is 1. The van der Waals surface area contributed by atoms with E-state index in [4.69, 9.17) is 0 Å². The van der Waals surface area contributed by atoms with Gasteiger partial charge in [-0.05, 0) is 51.5 Å². The Morgan fingerprint density at radius 1 is 1.20 bits per heavy atom. The zero-order chi connectivity index (χ0) is 17.9. The predicted octanol–water partition coefficient (Wildman–Crippen LogP) is 3.96. The minimum atomic E-state index is 0.393. The second kappa shape index (κ2) is 10.9. The highest BCUT2D eigenvalue weighted by Crippen LogP contribution is 2.11. The molecule has 2 aromatic rings. The highest BCUT2D eigenvalue weighted by molar-refractivity contribution is 7.09. The molecule has 0 amide bonds. The van der Waals surface area contributed by atoms with Crippen LogP contribution in [0, 0.1) is 6.92 Å². The second-order valence-electron chi connectivity index (χ2n) is 6.41. The lowest BCUT2D eigenvalue weighted by Gasteiger charge is -2.18. The van der Waals surface area contributed by atoms with E-state index in [-0.39, 0.29) is 0 Å². The van der Waals surface area contributed by atoms with Gasteiger partial charge in [-0.15, -0.1) is 11.3 Å². The van der Waals surface area contributed by atoms with Gasteiger partial charge in [0.1, 0.15) is 0 Å². The third-order valence-electron chi connectivity index (χ3n) is 4.09. The molecule has 0 spiro atoms. The molecule has 0 saturated heterocycles. The zero-order valence-electron chi connectivity index (χ0n) is 15.6. The number of hydrogen-bond acceptors (Lipinski definition) is 3. The van der Waals surface area contributed by atoms with Crippen LogP contribution in [0.2, 0.25) is 0 Å². The van der Waals surface area contributed by atoms with Crippen LogP contribution in [0.1, 0.15) is 42.5 Å². The highest BCUT2D eigenvalue weighted by atomic mass is 32.1. The number of nitrogens with zero attached hydrogens (tertiary/aromatic N) is 2. The Labute approximate surface area is 155 Å². The van der Waals surface area contributed by atoms with E-state index < -0.39 is 0 Å². The monoisotopic (exact) mass is 358 g/mol. The molecule has 25 heavy (non-hydrogen) atoms. The third kappa shape index (κ3) is 7.69.